The van der Waals surface area contributed by atoms with Gasteiger partial charge in [-0.3, -0.25) is 0 Å². The summed E-state index contributed by atoms with van der Waals surface area (Å²) in [5.41, 5.74) is 5.80. The largest absolute Gasteiger partial charge is 0.378 e. The monoisotopic (exact) mass is 251 g/mol. The summed E-state index contributed by atoms with van der Waals surface area (Å²) in [5.74, 6) is 1.86. The smallest absolute Gasteiger partial charge is 0.134 e. The molecule has 1 fully saturated rings. The Morgan fingerprint density at radius 1 is 1.44 bits per heavy atom. The molecule has 0 aromatic carbocycles. The molecule has 2 heterocycles. The van der Waals surface area contributed by atoms with Gasteiger partial charge >= 0.3 is 0 Å². The SMILES string of the molecule is CC(N)CN(C)c1cc(N2CCOCC2)ncn1. The minimum Gasteiger partial charge on any atom is -0.378 e. The Kier molecular flexibility index (Phi) is 4.33. The molecule has 0 spiro atoms. The molecule has 1 aromatic heterocycles. The topological polar surface area (TPSA) is 67.5 Å². The second-order valence-corrected chi connectivity index (χ2v) is 4.69. The lowest BCUT2D eigenvalue weighted by atomic mass is 10.3. The van der Waals surface area contributed by atoms with Crippen molar-refractivity contribution in [2.45, 2.75) is 13.0 Å². The molecule has 18 heavy (non-hydrogen) atoms. The van der Waals surface area contributed by atoms with Gasteiger partial charge < -0.3 is 20.3 Å². The number of nitrogens with two attached hydrogens (primary N) is 1. The van der Waals surface area contributed by atoms with Gasteiger partial charge in [-0.25, -0.2) is 9.97 Å². The molecule has 1 aromatic rings. The predicted octanol–water partition coefficient (Wildman–Crippen LogP) is 0.0966. The number of ether oxygens (including phenoxy) is 1. The zero-order chi connectivity index (χ0) is 13.0. The Morgan fingerprint density at radius 3 is 2.83 bits per heavy atom. The zero-order valence-corrected chi connectivity index (χ0v) is 11.0. The van der Waals surface area contributed by atoms with E-state index in [9.17, 15) is 0 Å². The highest BCUT2D eigenvalue weighted by Gasteiger charge is 2.14. The maximum Gasteiger partial charge on any atom is 0.134 e. The summed E-state index contributed by atoms with van der Waals surface area (Å²) in [6.45, 7) is 6.05. The van der Waals surface area contributed by atoms with Gasteiger partial charge in [0.25, 0.3) is 0 Å². The zero-order valence-electron chi connectivity index (χ0n) is 11.0. The molecule has 0 saturated carbocycles. The molecule has 1 aliphatic heterocycles. The van der Waals surface area contributed by atoms with E-state index in [0.29, 0.717) is 0 Å². The normalized spacial score (nSPS) is 17.6. The first-order valence-corrected chi connectivity index (χ1v) is 6.28. The molecule has 0 amide bonds. The molecule has 1 unspecified atom stereocenters. The Bertz CT molecular complexity index is 378. The second-order valence-electron chi connectivity index (χ2n) is 4.69. The van der Waals surface area contributed by atoms with Gasteiger partial charge in [0.05, 0.1) is 13.2 Å². The van der Waals surface area contributed by atoms with Crippen LogP contribution in [0.5, 0.6) is 0 Å². The van der Waals surface area contributed by atoms with E-state index in [1.54, 1.807) is 6.33 Å². The molecular weight excluding hydrogens is 230 g/mol. The van der Waals surface area contributed by atoms with Crippen molar-refractivity contribution < 1.29 is 4.74 Å². The quantitative estimate of drug-likeness (QED) is 0.818. The second kappa shape index (κ2) is 5.97. The van der Waals surface area contributed by atoms with Gasteiger partial charge in [0.15, 0.2) is 0 Å². The average Bonchev–Trinajstić information content (AvgIpc) is 2.39. The minimum absolute atomic E-state index is 0.122. The standard InChI is InChI=1S/C12H21N5O/c1-10(13)8-16(2)11-7-12(15-9-14-11)17-3-5-18-6-4-17/h7,9-10H,3-6,8,13H2,1-2H3. The van der Waals surface area contributed by atoms with Crippen LogP contribution in [0.15, 0.2) is 12.4 Å². The molecule has 1 aliphatic rings. The fourth-order valence-corrected chi connectivity index (χ4v) is 2.04. The number of hydrogen-bond donors (Lipinski definition) is 1. The van der Waals surface area contributed by atoms with E-state index in [1.807, 2.05) is 20.0 Å². The molecule has 6 heteroatoms. The van der Waals surface area contributed by atoms with Crippen LogP contribution in [0.1, 0.15) is 6.92 Å². The van der Waals surface area contributed by atoms with Gasteiger partial charge in [-0.15, -0.1) is 0 Å². The summed E-state index contributed by atoms with van der Waals surface area (Å²) < 4.78 is 5.34. The van der Waals surface area contributed by atoms with Crippen molar-refractivity contribution in [1.82, 2.24) is 9.97 Å². The minimum atomic E-state index is 0.122. The number of hydrogen-bond acceptors (Lipinski definition) is 6. The van der Waals surface area contributed by atoms with Gasteiger partial charge in [-0.05, 0) is 6.92 Å². The van der Waals surface area contributed by atoms with Gasteiger partial charge in [0.2, 0.25) is 0 Å². The highest BCUT2D eigenvalue weighted by Crippen LogP contribution is 2.17. The van der Waals surface area contributed by atoms with Crippen molar-refractivity contribution in [3.63, 3.8) is 0 Å². The van der Waals surface area contributed by atoms with E-state index < -0.39 is 0 Å². The fourth-order valence-electron chi connectivity index (χ4n) is 2.04. The lowest BCUT2D eigenvalue weighted by molar-refractivity contribution is 0.122. The first kappa shape index (κ1) is 13.0. The van der Waals surface area contributed by atoms with Crippen LogP contribution < -0.4 is 15.5 Å². The average molecular weight is 251 g/mol. The maximum absolute atomic E-state index is 5.80. The summed E-state index contributed by atoms with van der Waals surface area (Å²) in [6.07, 6.45) is 1.61. The first-order chi connectivity index (χ1) is 8.66. The molecule has 6 nitrogen and oxygen atoms in total. The number of nitrogens with zero attached hydrogens (tertiary/aromatic N) is 4. The molecule has 100 valence electrons. The van der Waals surface area contributed by atoms with E-state index >= 15 is 0 Å². The van der Waals surface area contributed by atoms with E-state index in [-0.39, 0.29) is 6.04 Å². The number of rotatable bonds is 4. The summed E-state index contributed by atoms with van der Waals surface area (Å²) in [6, 6.07) is 2.13. The number of likely N-dealkylation sites (N-methyl/N-ethyl adjacent to an activating group) is 1. The number of anilines is 2. The third-order valence-corrected chi connectivity index (χ3v) is 2.93. The van der Waals surface area contributed by atoms with Crippen LogP contribution >= 0.6 is 0 Å². The lowest BCUT2D eigenvalue weighted by Gasteiger charge is -2.28. The van der Waals surface area contributed by atoms with Crippen LogP contribution in [0.4, 0.5) is 11.6 Å². The van der Waals surface area contributed by atoms with Crippen LogP contribution in [0.3, 0.4) is 0 Å². The molecule has 0 bridgehead atoms. The maximum atomic E-state index is 5.80. The highest BCUT2D eigenvalue weighted by atomic mass is 16.5. The molecule has 0 aliphatic carbocycles. The Hall–Kier alpha value is -1.40. The third-order valence-electron chi connectivity index (χ3n) is 2.93. The fraction of sp³-hybridized carbons (Fsp3) is 0.667. The van der Waals surface area contributed by atoms with Gasteiger partial charge in [-0.1, -0.05) is 0 Å². The first-order valence-electron chi connectivity index (χ1n) is 6.28. The Morgan fingerprint density at radius 2 is 2.17 bits per heavy atom. The summed E-state index contributed by atoms with van der Waals surface area (Å²) in [7, 11) is 1.99. The number of aromatic nitrogens is 2. The van der Waals surface area contributed by atoms with Crippen LogP contribution in [0, 0.1) is 0 Å². The molecule has 0 radical (unpaired) electrons. The van der Waals surface area contributed by atoms with E-state index in [0.717, 1.165) is 44.5 Å². The Labute approximate surface area is 108 Å². The van der Waals surface area contributed by atoms with Gasteiger partial charge in [0, 0.05) is 38.8 Å². The number of morpholine rings is 1. The van der Waals surface area contributed by atoms with E-state index in [4.69, 9.17) is 10.5 Å². The summed E-state index contributed by atoms with van der Waals surface area (Å²) in [4.78, 5) is 12.9. The third kappa shape index (κ3) is 3.30. The summed E-state index contributed by atoms with van der Waals surface area (Å²) in [5, 5.41) is 0. The van der Waals surface area contributed by atoms with Crippen LogP contribution in [0.25, 0.3) is 0 Å². The molecule has 1 atom stereocenters. The van der Waals surface area contributed by atoms with Crippen LogP contribution in [0.2, 0.25) is 0 Å². The summed E-state index contributed by atoms with van der Waals surface area (Å²) >= 11 is 0. The van der Waals surface area contributed by atoms with Gasteiger partial charge in [0.1, 0.15) is 18.0 Å². The molecular formula is C12H21N5O. The Balaban J connectivity index is 2.08. The van der Waals surface area contributed by atoms with Gasteiger partial charge in [-0.2, -0.15) is 0 Å². The van der Waals surface area contributed by atoms with Crippen molar-refractivity contribution in [3.8, 4) is 0 Å². The van der Waals surface area contributed by atoms with Crippen molar-refractivity contribution in [2.75, 3.05) is 49.7 Å². The molecule has 2 N–H and O–H groups in total. The van der Waals surface area contributed by atoms with Crippen molar-refractivity contribution in [2.24, 2.45) is 5.73 Å². The molecule has 2 rings (SSSR count). The van der Waals surface area contributed by atoms with Crippen molar-refractivity contribution in [3.05, 3.63) is 12.4 Å². The lowest BCUT2D eigenvalue weighted by Crippen LogP contribution is -2.37. The molecule has 1 saturated heterocycles. The van der Waals surface area contributed by atoms with Crippen LogP contribution in [-0.2, 0) is 4.74 Å². The van der Waals surface area contributed by atoms with Crippen LogP contribution in [-0.4, -0.2) is 55.9 Å². The van der Waals surface area contributed by atoms with E-state index in [1.165, 1.54) is 0 Å². The highest BCUT2D eigenvalue weighted by molar-refractivity contribution is 5.49. The predicted molar refractivity (Wildman–Crippen MR) is 72.0 cm³/mol. The van der Waals surface area contributed by atoms with Crippen molar-refractivity contribution >= 4 is 11.6 Å². The van der Waals surface area contributed by atoms with E-state index in [2.05, 4.69) is 19.8 Å². The van der Waals surface area contributed by atoms with Crippen molar-refractivity contribution in [1.29, 1.82) is 0 Å².